The van der Waals surface area contributed by atoms with E-state index in [-0.39, 0.29) is 0 Å². The van der Waals surface area contributed by atoms with E-state index in [1.807, 2.05) is 12.2 Å². The van der Waals surface area contributed by atoms with E-state index in [4.69, 9.17) is 9.47 Å². The first kappa shape index (κ1) is 20.0. The summed E-state index contributed by atoms with van der Waals surface area (Å²) in [5, 5.41) is 3.51. The van der Waals surface area contributed by atoms with E-state index < -0.39 is 0 Å². The number of hydrogen-bond acceptors (Lipinski definition) is 3. The van der Waals surface area contributed by atoms with Gasteiger partial charge in [-0.2, -0.15) is 0 Å². The molecule has 3 nitrogen and oxygen atoms in total. The Bertz CT molecular complexity index is 681. The molecular formula is C23H29NO2. The molecular weight excluding hydrogens is 322 g/mol. The van der Waals surface area contributed by atoms with Crippen LogP contribution in [-0.4, -0.2) is 20.3 Å². The fourth-order valence-corrected chi connectivity index (χ4v) is 2.82. The first-order valence-electron chi connectivity index (χ1n) is 8.98. The Morgan fingerprint density at radius 2 is 1.58 bits per heavy atom. The smallest absolute Gasteiger partial charge is 0.0718 e. The number of hydrogen-bond donors (Lipinski definition) is 1. The predicted molar refractivity (Wildman–Crippen MR) is 110 cm³/mol. The van der Waals surface area contributed by atoms with Crippen LogP contribution in [0.5, 0.6) is 0 Å². The van der Waals surface area contributed by atoms with Crippen molar-refractivity contribution in [3.63, 3.8) is 0 Å². The molecule has 3 heteroatoms. The topological polar surface area (TPSA) is 30.5 Å². The van der Waals surface area contributed by atoms with Crippen LogP contribution in [0.1, 0.15) is 22.3 Å². The van der Waals surface area contributed by atoms with Gasteiger partial charge in [0.05, 0.1) is 19.8 Å². The standard InChI is InChI=1S/C23H29NO2/c1-4-7-19-13-20(8-5-2)15-22(14-19)17-24-23-10-6-9-21(16-23)18-26-12-11-25-3/h4-6,9-10,13-16,24H,1-2,7-8,11-12,17-18H2,3H3. The van der Waals surface area contributed by atoms with Crippen molar-refractivity contribution in [3.8, 4) is 0 Å². The summed E-state index contributed by atoms with van der Waals surface area (Å²) >= 11 is 0. The quantitative estimate of drug-likeness (QED) is 0.435. The minimum absolute atomic E-state index is 0.594. The molecule has 0 fully saturated rings. The van der Waals surface area contributed by atoms with Gasteiger partial charge in [-0.3, -0.25) is 0 Å². The number of benzene rings is 2. The monoisotopic (exact) mass is 351 g/mol. The van der Waals surface area contributed by atoms with Crippen molar-refractivity contribution in [2.24, 2.45) is 0 Å². The minimum atomic E-state index is 0.594. The fraction of sp³-hybridized carbons (Fsp3) is 0.304. The summed E-state index contributed by atoms with van der Waals surface area (Å²) in [5.41, 5.74) is 6.09. The number of rotatable bonds is 12. The van der Waals surface area contributed by atoms with Gasteiger partial charge in [0.1, 0.15) is 0 Å². The van der Waals surface area contributed by atoms with E-state index in [2.05, 4.69) is 60.9 Å². The molecule has 0 saturated carbocycles. The van der Waals surface area contributed by atoms with Crippen LogP contribution in [0, 0.1) is 0 Å². The van der Waals surface area contributed by atoms with E-state index in [1.165, 1.54) is 16.7 Å². The highest BCUT2D eigenvalue weighted by Crippen LogP contribution is 2.16. The van der Waals surface area contributed by atoms with Gasteiger partial charge in [-0.15, -0.1) is 13.2 Å². The highest BCUT2D eigenvalue weighted by atomic mass is 16.5. The van der Waals surface area contributed by atoms with Gasteiger partial charge in [0.15, 0.2) is 0 Å². The number of ether oxygens (including phenoxy) is 2. The molecule has 2 aromatic carbocycles. The van der Waals surface area contributed by atoms with Crippen LogP contribution < -0.4 is 5.32 Å². The summed E-state index contributed by atoms with van der Waals surface area (Å²) in [4.78, 5) is 0. The van der Waals surface area contributed by atoms with E-state index in [9.17, 15) is 0 Å². The van der Waals surface area contributed by atoms with E-state index in [1.54, 1.807) is 7.11 Å². The second-order valence-electron chi connectivity index (χ2n) is 6.24. The van der Waals surface area contributed by atoms with Crippen LogP contribution in [0.15, 0.2) is 67.8 Å². The van der Waals surface area contributed by atoms with Crippen molar-refractivity contribution in [1.82, 2.24) is 0 Å². The molecule has 0 aliphatic rings. The van der Waals surface area contributed by atoms with Gasteiger partial charge >= 0.3 is 0 Å². The van der Waals surface area contributed by atoms with Crippen molar-refractivity contribution in [3.05, 3.63) is 90.0 Å². The molecule has 2 rings (SSSR count). The number of methoxy groups -OCH3 is 1. The Balaban J connectivity index is 1.99. The van der Waals surface area contributed by atoms with Gasteiger partial charge in [-0.1, -0.05) is 42.5 Å². The minimum Gasteiger partial charge on any atom is -0.382 e. The molecule has 0 atom stereocenters. The van der Waals surface area contributed by atoms with Gasteiger partial charge < -0.3 is 14.8 Å². The molecule has 26 heavy (non-hydrogen) atoms. The van der Waals surface area contributed by atoms with E-state index >= 15 is 0 Å². The average molecular weight is 351 g/mol. The molecule has 0 saturated heterocycles. The Hall–Kier alpha value is -2.36. The molecule has 0 radical (unpaired) electrons. The second kappa shape index (κ2) is 11.3. The molecule has 2 aromatic rings. The fourth-order valence-electron chi connectivity index (χ4n) is 2.82. The van der Waals surface area contributed by atoms with Crippen molar-refractivity contribution in [2.45, 2.75) is 26.0 Å². The van der Waals surface area contributed by atoms with Crippen LogP contribution in [0.4, 0.5) is 5.69 Å². The molecule has 0 aromatic heterocycles. The van der Waals surface area contributed by atoms with Crippen molar-refractivity contribution in [1.29, 1.82) is 0 Å². The number of nitrogens with one attached hydrogen (secondary N) is 1. The number of anilines is 1. The van der Waals surface area contributed by atoms with Gasteiger partial charge in [-0.25, -0.2) is 0 Å². The molecule has 0 bridgehead atoms. The van der Waals surface area contributed by atoms with E-state index in [0.29, 0.717) is 19.8 Å². The lowest BCUT2D eigenvalue weighted by atomic mass is 10.0. The lowest BCUT2D eigenvalue weighted by Gasteiger charge is -2.11. The molecule has 138 valence electrons. The summed E-state index contributed by atoms with van der Waals surface area (Å²) in [6.45, 7) is 10.3. The first-order chi connectivity index (χ1) is 12.7. The normalized spacial score (nSPS) is 10.5. The summed E-state index contributed by atoms with van der Waals surface area (Å²) in [6, 6.07) is 15.0. The maximum atomic E-state index is 5.59. The Morgan fingerprint density at radius 3 is 2.23 bits per heavy atom. The highest BCUT2D eigenvalue weighted by molar-refractivity contribution is 5.46. The average Bonchev–Trinajstić information content (AvgIpc) is 2.64. The van der Waals surface area contributed by atoms with Gasteiger partial charge in [-0.05, 0) is 47.2 Å². The molecule has 0 unspecified atom stereocenters. The van der Waals surface area contributed by atoms with E-state index in [0.717, 1.165) is 30.6 Å². The largest absolute Gasteiger partial charge is 0.382 e. The molecule has 0 spiro atoms. The first-order valence-corrected chi connectivity index (χ1v) is 8.98. The Labute approximate surface area is 157 Å². The van der Waals surface area contributed by atoms with Crippen LogP contribution in [0.3, 0.4) is 0 Å². The zero-order chi connectivity index (χ0) is 18.6. The Morgan fingerprint density at radius 1 is 0.885 bits per heavy atom. The molecule has 0 aliphatic heterocycles. The SMILES string of the molecule is C=CCc1cc(CC=C)cc(CNc2cccc(COCCOC)c2)c1. The van der Waals surface area contributed by atoms with Crippen LogP contribution in [-0.2, 0) is 35.5 Å². The maximum Gasteiger partial charge on any atom is 0.0718 e. The lowest BCUT2D eigenvalue weighted by Crippen LogP contribution is -2.04. The highest BCUT2D eigenvalue weighted by Gasteiger charge is 2.02. The molecule has 0 aliphatic carbocycles. The summed E-state index contributed by atoms with van der Waals surface area (Å²) in [5.74, 6) is 0. The summed E-state index contributed by atoms with van der Waals surface area (Å²) in [6.07, 6.45) is 5.65. The Kier molecular flexibility index (Phi) is 8.67. The second-order valence-corrected chi connectivity index (χ2v) is 6.24. The van der Waals surface area contributed by atoms with Crippen molar-refractivity contribution in [2.75, 3.05) is 25.6 Å². The number of allylic oxidation sites excluding steroid dienone is 2. The molecule has 0 heterocycles. The third kappa shape index (κ3) is 6.87. The lowest BCUT2D eigenvalue weighted by molar-refractivity contribution is 0.0617. The molecule has 1 N–H and O–H groups in total. The van der Waals surface area contributed by atoms with Crippen LogP contribution in [0.2, 0.25) is 0 Å². The summed E-state index contributed by atoms with van der Waals surface area (Å²) < 4.78 is 10.6. The predicted octanol–water partition coefficient (Wildman–Crippen LogP) is 4.92. The zero-order valence-electron chi connectivity index (χ0n) is 15.7. The third-order valence-electron chi connectivity index (χ3n) is 4.00. The van der Waals surface area contributed by atoms with Crippen molar-refractivity contribution >= 4 is 5.69 Å². The molecule has 0 amide bonds. The van der Waals surface area contributed by atoms with Crippen LogP contribution in [0.25, 0.3) is 0 Å². The van der Waals surface area contributed by atoms with Crippen LogP contribution >= 0.6 is 0 Å². The van der Waals surface area contributed by atoms with Crippen molar-refractivity contribution < 1.29 is 9.47 Å². The zero-order valence-corrected chi connectivity index (χ0v) is 15.7. The third-order valence-corrected chi connectivity index (χ3v) is 4.00. The van der Waals surface area contributed by atoms with Gasteiger partial charge in [0.2, 0.25) is 0 Å². The van der Waals surface area contributed by atoms with Gasteiger partial charge in [0, 0.05) is 19.3 Å². The summed E-state index contributed by atoms with van der Waals surface area (Å²) in [7, 11) is 1.68. The maximum absolute atomic E-state index is 5.59. The van der Waals surface area contributed by atoms with Gasteiger partial charge in [0.25, 0.3) is 0 Å².